The van der Waals surface area contributed by atoms with Gasteiger partial charge in [-0.3, -0.25) is 15.0 Å². The summed E-state index contributed by atoms with van der Waals surface area (Å²) < 4.78 is 16.9. The van der Waals surface area contributed by atoms with Crippen LogP contribution in [0.15, 0.2) is 49.2 Å². The van der Waals surface area contributed by atoms with Gasteiger partial charge in [0.05, 0.1) is 17.5 Å². The molecule has 5 aromatic rings. The lowest BCUT2D eigenvalue weighted by Gasteiger charge is -2.16. The van der Waals surface area contributed by atoms with Crippen LogP contribution < -0.4 is 5.32 Å². The molecule has 1 aromatic carbocycles. The zero-order valence-electron chi connectivity index (χ0n) is 20.2. The fourth-order valence-corrected chi connectivity index (χ4v) is 4.68. The van der Waals surface area contributed by atoms with Gasteiger partial charge in [-0.2, -0.15) is 14.6 Å². The van der Waals surface area contributed by atoms with E-state index in [-0.39, 0.29) is 5.82 Å². The van der Waals surface area contributed by atoms with Crippen LogP contribution in [-0.2, 0) is 6.54 Å². The molecule has 1 aliphatic rings. The van der Waals surface area contributed by atoms with Crippen LogP contribution in [0.2, 0.25) is 0 Å². The first-order valence-electron chi connectivity index (χ1n) is 12.0. The van der Waals surface area contributed by atoms with Crippen molar-refractivity contribution in [1.29, 1.82) is 0 Å². The number of likely N-dealkylation sites (tertiary alicyclic amines) is 1. The minimum absolute atomic E-state index is 0.236. The molecule has 0 spiro atoms. The first-order valence-corrected chi connectivity index (χ1v) is 12.0. The van der Waals surface area contributed by atoms with Crippen molar-refractivity contribution in [3.8, 4) is 22.4 Å². The molecule has 36 heavy (non-hydrogen) atoms. The van der Waals surface area contributed by atoms with Crippen LogP contribution in [0.4, 0.5) is 16.0 Å². The minimum atomic E-state index is -0.236. The number of aromatic nitrogens is 7. The topological polar surface area (TPSA) is 99.9 Å². The summed E-state index contributed by atoms with van der Waals surface area (Å²) in [6.07, 6.45) is 9.16. The fourth-order valence-electron chi connectivity index (χ4n) is 4.68. The standard InChI is InChI=1S/C26H26FN9/c1-16-17(2)28-8-7-22(16)32-26-33-25-23(24(20-12-30-31-13-20)29-15-36(25)34-26)18-5-6-19(21(27)11-18)14-35-9-3-4-10-35/h5-8,11-13,15H,3-4,9-10,14H2,1-2H3,(H,30,31)(H,28,32,34). The summed E-state index contributed by atoms with van der Waals surface area (Å²) in [5.74, 6) is 0.183. The summed E-state index contributed by atoms with van der Waals surface area (Å²) >= 11 is 0. The molecule has 6 rings (SSSR count). The molecule has 0 saturated carbocycles. The lowest BCUT2D eigenvalue weighted by atomic mass is 10.00. The third-order valence-electron chi connectivity index (χ3n) is 6.80. The Kier molecular flexibility index (Phi) is 5.65. The highest BCUT2D eigenvalue weighted by molar-refractivity contribution is 5.89. The lowest BCUT2D eigenvalue weighted by Crippen LogP contribution is -2.19. The number of pyridine rings is 1. The molecule has 5 heterocycles. The highest BCUT2D eigenvalue weighted by Crippen LogP contribution is 2.34. The molecule has 0 radical (unpaired) electrons. The van der Waals surface area contributed by atoms with Crippen molar-refractivity contribution in [3.63, 3.8) is 0 Å². The van der Waals surface area contributed by atoms with Crippen molar-refractivity contribution in [3.05, 3.63) is 71.8 Å². The van der Waals surface area contributed by atoms with Crippen LogP contribution in [-0.4, -0.2) is 52.8 Å². The number of halogens is 1. The van der Waals surface area contributed by atoms with Gasteiger partial charge in [-0.1, -0.05) is 12.1 Å². The third-order valence-corrected chi connectivity index (χ3v) is 6.80. The maximum atomic E-state index is 15.3. The van der Waals surface area contributed by atoms with Crippen LogP contribution in [0.5, 0.6) is 0 Å². The number of fused-ring (bicyclic) bond motifs is 1. The Morgan fingerprint density at radius 3 is 2.72 bits per heavy atom. The molecule has 4 aromatic heterocycles. The molecule has 1 fully saturated rings. The Hall–Kier alpha value is -4.18. The molecule has 1 saturated heterocycles. The maximum absolute atomic E-state index is 15.3. The van der Waals surface area contributed by atoms with E-state index in [0.29, 0.717) is 40.5 Å². The summed E-state index contributed by atoms with van der Waals surface area (Å²) in [5, 5.41) is 14.8. The Morgan fingerprint density at radius 1 is 1.08 bits per heavy atom. The van der Waals surface area contributed by atoms with Gasteiger partial charge in [-0.25, -0.2) is 9.37 Å². The number of anilines is 2. The third kappa shape index (κ3) is 4.09. The molecule has 0 amide bonds. The van der Waals surface area contributed by atoms with E-state index >= 15 is 4.39 Å². The summed E-state index contributed by atoms with van der Waals surface area (Å²) in [5.41, 5.74) is 6.89. The van der Waals surface area contributed by atoms with Crippen LogP contribution in [0.1, 0.15) is 29.7 Å². The van der Waals surface area contributed by atoms with E-state index in [0.717, 1.165) is 35.6 Å². The van der Waals surface area contributed by atoms with Crippen molar-refractivity contribution in [1.82, 2.24) is 39.7 Å². The molecule has 2 N–H and O–H groups in total. The minimum Gasteiger partial charge on any atom is -0.323 e. The zero-order valence-corrected chi connectivity index (χ0v) is 20.2. The number of rotatable bonds is 6. The van der Waals surface area contributed by atoms with Crippen LogP contribution in [0.25, 0.3) is 28.0 Å². The van der Waals surface area contributed by atoms with Crippen molar-refractivity contribution < 1.29 is 4.39 Å². The van der Waals surface area contributed by atoms with Gasteiger partial charge in [0.2, 0.25) is 5.95 Å². The van der Waals surface area contributed by atoms with E-state index in [1.807, 2.05) is 32.0 Å². The van der Waals surface area contributed by atoms with Gasteiger partial charge in [0.15, 0.2) is 5.65 Å². The zero-order chi connectivity index (χ0) is 24.6. The normalized spacial score (nSPS) is 14.1. The van der Waals surface area contributed by atoms with Gasteiger partial charge in [-0.15, -0.1) is 5.10 Å². The lowest BCUT2D eigenvalue weighted by molar-refractivity contribution is 0.325. The Balaban J connectivity index is 1.45. The first-order chi connectivity index (χ1) is 17.6. The average Bonchev–Trinajstić information content (AvgIpc) is 3.64. The molecule has 182 valence electrons. The Labute approximate surface area is 207 Å². The molecule has 9 nitrogen and oxygen atoms in total. The van der Waals surface area contributed by atoms with E-state index in [2.05, 4.69) is 35.5 Å². The largest absolute Gasteiger partial charge is 0.323 e. The average molecular weight is 484 g/mol. The smallest absolute Gasteiger partial charge is 0.247 e. The quantitative estimate of drug-likeness (QED) is 0.362. The van der Waals surface area contributed by atoms with Gasteiger partial charge in [0.1, 0.15) is 12.1 Å². The molecular weight excluding hydrogens is 457 g/mol. The van der Waals surface area contributed by atoms with E-state index < -0.39 is 0 Å². The SMILES string of the molecule is Cc1nccc(Nc2nc3c(-c4ccc(CN5CCCC5)c(F)c4)c(-c4cn[nH]c4)ncn3n2)c1C. The molecule has 0 atom stereocenters. The number of benzene rings is 1. The molecule has 0 unspecified atom stereocenters. The molecular formula is C26H26FN9. The number of H-pyrrole nitrogens is 1. The van der Waals surface area contributed by atoms with Crippen molar-refractivity contribution in [2.24, 2.45) is 0 Å². The second kappa shape index (κ2) is 9.12. The van der Waals surface area contributed by atoms with Crippen molar-refractivity contribution in [2.45, 2.75) is 33.2 Å². The number of nitrogens with zero attached hydrogens (tertiary/aromatic N) is 7. The molecule has 10 heteroatoms. The highest BCUT2D eigenvalue weighted by atomic mass is 19.1. The van der Waals surface area contributed by atoms with Crippen LogP contribution in [0.3, 0.4) is 0 Å². The van der Waals surface area contributed by atoms with Gasteiger partial charge >= 0.3 is 0 Å². The number of nitrogens with one attached hydrogen (secondary N) is 2. The highest BCUT2D eigenvalue weighted by Gasteiger charge is 2.20. The van der Waals surface area contributed by atoms with Crippen LogP contribution in [0, 0.1) is 19.7 Å². The van der Waals surface area contributed by atoms with E-state index in [4.69, 9.17) is 4.98 Å². The second-order valence-electron chi connectivity index (χ2n) is 9.14. The maximum Gasteiger partial charge on any atom is 0.247 e. The van der Waals surface area contributed by atoms with Gasteiger partial charge < -0.3 is 5.32 Å². The summed E-state index contributed by atoms with van der Waals surface area (Å²) in [7, 11) is 0. The second-order valence-corrected chi connectivity index (χ2v) is 9.14. The fraction of sp³-hybridized carbons (Fsp3) is 0.269. The van der Waals surface area contributed by atoms with E-state index in [9.17, 15) is 0 Å². The number of aryl methyl sites for hydroxylation is 1. The molecule has 0 bridgehead atoms. The predicted octanol–water partition coefficient (Wildman–Crippen LogP) is 4.67. The summed E-state index contributed by atoms with van der Waals surface area (Å²) in [4.78, 5) is 16.0. The first kappa shape index (κ1) is 22.3. The number of aromatic amines is 1. The van der Waals surface area contributed by atoms with E-state index in [1.54, 1.807) is 35.5 Å². The Bertz CT molecular complexity index is 1540. The van der Waals surface area contributed by atoms with Crippen LogP contribution >= 0.6 is 0 Å². The monoisotopic (exact) mass is 483 g/mol. The summed E-state index contributed by atoms with van der Waals surface area (Å²) in [6, 6.07) is 7.26. The predicted molar refractivity (Wildman–Crippen MR) is 135 cm³/mol. The molecule has 1 aliphatic heterocycles. The van der Waals surface area contributed by atoms with Gasteiger partial charge in [-0.05, 0) is 63.0 Å². The van der Waals surface area contributed by atoms with Gasteiger partial charge in [0.25, 0.3) is 0 Å². The number of hydrogen-bond donors (Lipinski definition) is 2. The molecule has 0 aliphatic carbocycles. The summed E-state index contributed by atoms with van der Waals surface area (Å²) in [6.45, 7) is 6.60. The van der Waals surface area contributed by atoms with E-state index in [1.165, 1.54) is 12.8 Å². The van der Waals surface area contributed by atoms with Crippen molar-refractivity contribution >= 4 is 17.3 Å². The van der Waals surface area contributed by atoms with Crippen molar-refractivity contribution in [2.75, 3.05) is 18.4 Å². The Morgan fingerprint density at radius 2 is 1.94 bits per heavy atom. The van der Waals surface area contributed by atoms with Gasteiger partial charge in [0, 0.05) is 41.4 Å². The number of hydrogen-bond acceptors (Lipinski definition) is 7.